The summed E-state index contributed by atoms with van der Waals surface area (Å²) in [5, 5.41) is 0. The van der Waals surface area contributed by atoms with Crippen LogP contribution in [0.25, 0.3) is 0 Å². The SMILES string of the molecule is CCCc1nc(NN)cc(N2CCCC(C)C2C)n1. The van der Waals surface area contributed by atoms with Crippen molar-refractivity contribution in [1.29, 1.82) is 0 Å². The summed E-state index contributed by atoms with van der Waals surface area (Å²) in [6, 6.07) is 2.47. The Morgan fingerprint density at radius 2 is 2.21 bits per heavy atom. The minimum absolute atomic E-state index is 0.517. The van der Waals surface area contributed by atoms with Crippen molar-refractivity contribution in [3.63, 3.8) is 0 Å². The van der Waals surface area contributed by atoms with Crippen molar-refractivity contribution in [2.75, 3.05) is 16.9 Å². The van der Waals surface area contributed by atoms with Crippen molar-refractivity contribution in [1.82, 2.24) is 9.97 Å². The maximum atomic E-state index is 5.52. The van der Waals surface area contributed by atoms with Crippen LogP contribution in [0.15, 0.2) is 6.07 Å². The number of nitrogens with one attached hydrogen (secondary N) is 1. The number of aromatic nitrogens is 2. The average Bonchev–Trinajstić information content (AvgIpc) is 2.42. The van der Waals surface area contributed by atoms with Crippen LogP contribution in [-0.2, 0) is 6.42 Å². The quantitative estimate of drug-likeness (QED) is 0.644. The highest BCUT2D eigenvalue weighted by atomic mass is 15.3. The molecule has 2 unspecified atom stereocenters. The monoisotopic (exact) mass is 263 g/mol. The number of nitrogen functional groups attached to an aromatic ring is 1. The number of nitrogens with zero attached hydrogens (tertiary/aromatic N) is 3. The van der Waals surface area contributed by atoms with E-state index in [1.54, 1.807) is 0 Å². The Labute approximate surface area is 115 Å². The lowest BCUT2D eigenvalue weighted by Gasteiger charge is -2.39. The second kappa shape index (κ2) is 6.19. The van der Waals surface area contributed by atoms with E-state index in [9.17, 15) is 0 Å². The third-order valence-electron chi connectivity index (χ3n) is 4.05. The Bertz CT molecular complexity index is 420. The molecule has 2 atom stereocenters. The normalized spacial score (nSPS) is 23.5. The molecular formula is C14H25N5. The van der Waals surface area contributed by atoms with Gasteiger partial charge in [-0.25, -0.2) is 15.8 Å². The number of hydrogen-bond acceptors (Lipinski definition) is 5. The van der Waals surface area contributed by atoms with Crippen LogP contribution >= 0.6 is 0 Å². The van der Waals surface area contributed by atoms with Gasteiger partial charge in [0, 0.05) is 25.1 Å². The number of anilines is 2. The zero-order valence-corrected chi connectivity index (χ0v) is 12.2. The molecule has 1 aliphatic rings. The molecule has 2 rings (SSSR count). The van der Waals surface area contributed by atoms with Gasteiger partial charge in [-0.3, -0.25) is 0 Å². The molecule has 1 aliphatic heterocycles. The van der Waals surface area contributed by atoms with Crippen molar-refractivity contribution < 1.29 is 0 Å². The molecular weight excluding hydrogens is 238 g/mol. The van der Waals surface area contributed by atoms with Crippen LogP contribution in [0, 0.1) is 5.92 Å². The Hall–Kier alpha value is -1.36. The average molecular weight is 263 g/mol. The van der Waals surface area contributed by atoms with Gasteiger partial charge in [-0.1, -0.05) is 13.8 Å². The molecule has 0 saturated carbocycles. The van der Waals surface area contributed by atoms with Gasteiger partial charge in [0.15, 0.2) is 0 Å². The third kappa shape index (κ3) is 3.15. The zero-order valence-electron chi connectivity index (χ0n) is 12.2. The lowest BCUT2D eigenvalue weighted by molar-refractivity contribution is 0.361. The summed E-state index contributed by atoms with van der Waals surface area (Å²) in [5.41, 5.74) is 2.65. The van der Waals surface area contributed by atoms with Crippen LogP contribution in [-0.4, -0.2) is 22.6 Å². The van der Waals surface area contributed by atoms with Crippen molar-refractivity contribution >= 4 is 11.6 Å². The smallest absolute Gasteiger partial charge is 0.145 e. The number of hydrogen-bond donors (Lipinski definition) is 2. The van der Waals surface area contributed by atoms with Gasteiger partial charge in [0.2, 0.25) is 0 Å². The maximum Gasteiger partial charge on any atom is 0.145 e. The third-order valence-corrected chi connectivity index (χ3v) is 4.05. The molecule has 1 saturated heterocycles. The molecule has 5 heteroatoms. The van der Waals surface area contributed by atoms with Crippen LogP contribution < -0.4 is 16.2 Å². The minimum Gasteiger partial charge on any atom is -0.353 e. The fourth-order valence-corrected chi connectivity index (χ4v) is 2.70. The van der Waals surface area contributed by atoms with Crippen molar-refractivity contribution in [2.24, 2.45) is 11.8 Å². The lowest BCUT2D eigenvalue weighted by atomic mass is 9.92. The molecule has 1 aromatic rings. The zero-order chi connectivity index (χ0) is 13.8. The van der Waals surface area contributed by atoms with Crippen LogP contribution in [0.3, 0.4) is 0 Å². The summed E-state index contributed by atoms with van der Waals surface area (Å²) in [7, 11) is 0. The first kappa shape index (κ1) is 14.1. The standard InChI is InChI=1S/C14H25N5/c1-4-6-12-16-13(18-15)9-14(17-12)19-8-5-7-10(2)11(19)3/h9-11H,4-8,15H2,1-3H3,(H,16,17,18). The van der Waals surface area contributed by atoms with E-state index in [1.807, 2.05) is 6.07 Å². The van der Waals surface area contributed by atoms with Crippen LogP contribution in [0.5, 0.6) is 0 Å². The highest BCUT2D eigenvalue weighted by molar-refractivity contribution is 5.50. The number of nitrogens with two attached hydrogens (primary N) is 1. The molecule has 3 N–H and O–H groups in total. The van der Waals surface area contributed by atoms with E-state index in [0.717, 1.165) is 31.0 Å². The highest BCUT2D eigenvalue weighted by Crippen LogP contribution is 2.28. The van der Waals surface area contributed by atoms with Gasteiger partial charge >= 0.3 is 0 Å². The number of piperidine rings is 1. The van der Waals surface area contributed by atoms with Gasteiger partial charge in [-0.05, 0) is 32.1 Å². The summed E-state index contributed by atoms with van der Waals surface area (Å²) < 4.78 is 0. The largest absolute Gasteiger partial charge is 0.353 e. The number of aryl methyl sites for hydroxylation is 1. The minimum atomic E-state index is 0.517. The summed E-state index contributed by atoms with van der Waals surface area (Å²) in [6.07, 6.45) is 4.45. The van der Waals surface area contributed by atoms with Crippen LogP contribution in [0.2, 0.25) is 0 Å². The topological polar surface area (TPSA) is 67.1 Å². The first-order valence-corrected chi connectivity index (χ1v) is 7.27. The van der Waals surface area contributed by atoms with Crippen molar-refractivity contribution in [3.8, 4) is 0 Å². The Balaban J connectivity index is 2.29. The molecule has 1 aromatic heterocycles. The number of hydrazine groups is 1. The van der Waals surface area contributed by atoms with Gasteiger partial charge in [0.1, 0.15) is 17.5 Å². The molecule has 1 fully saturated rings. The Morgan fingerprint density at radius 1 is 1.42 bits per heavy atom. The van der Waals surface area contributed by atoms with E-state index >= 15 is 0 Å². The summed E-state index contributed by atoms with van der Waals surface area (Å²) in [6.45, 7) is 7.79. The van der Waals surface area contributed by atoms with Crippen LogP contribution in [0.4, 0.5) is 11.6 Å². The molecule has 0 amide bonds. The molecule has 2 heterocycles. The lowest BCUT2D eigenvalue weighted by Crippen LogP contribution is -2.43. The molecule has 0 spiro atoms. The summed E-state index contributed by atoms with van der Waals surface area (Å²) >= 11 is 0. The van der Waals surface area contributed by atoms with Crippen LogP contribution in [0.1, 0.15) is 45.9 Å². The first-order chi connectivity index (χ1) is 9.15. The maximum absolute atomic E-state index is 5.52. The van der Waals surface area contributed by atoms with Gasteiger partial charge in [0.05, 0.1) is 0 Å². The van der Waals surface area contributed by atoms with Gasteiger partial charge < -0.3 is 10.3 Å². The first-order valence-electron chi connectivity index (χ1n) is 7.27. The Kier molecular flexibility index (Phi) is 4.58. The molecule has 0 aromatic carbocycles. The number of rotatable bonds is 4. The van der Waals surface area contributed by atoms with E-state index < -0.39 is 0 Å². The molecule has 0 bridgehead atoms. The fourth-order valence-electron chi connectivity index (χ4n) is 2.70. The van der Waals surface area contributed by atoms with E-state index in [1.165, 1.54) is 12.8 Å². The fraction of sp³-hybridized carbons (Fsp3) is 0.714. The van der Waals surface area contributed by atoms with E-state index in [2.05, 4.69) is 36.1 Å². The summed E-state index contributed by atoms with van der Waals surface area (Å²) in [5.74, 6) is 8.80. The summed E-state index contributed by atoms with van der Waals surface area (Å²) in [4.78, 5) is 11.5. The van der Waals surface area contributed by atoms with E-state index in [0.29, 0.717) is 17.8 Å². The van der Waals surface area contributed by atoms with E-state index in [4.69, 9.17) is 10.8 Å². The second-order valence-corrected chi connectivity index (χ2v) is 5.48. The van der Waals surface area contributed by atoms with Gasteiger partial charge in [0.25, 0.3) is 0 Å². The second-order valence-electron chi connectivity index (χ2n) is 5.48. The molecule has 0 aliphatic carbocycles. The van der Waals surface area contributed by atoms with E-state index in [-0.39, 0.29) is 0 Å². The molecule has 0 radical (unpaired) electrons. The molecule has 106 valence electrons. The predicted molar refractivity (Wildman–Crippen MR) is 79.0 cm³/mol. The van der Waals surface area contributed by atoms with Crippen molar-refractivity contribution in [3.05, 3.63) is 11.9 Å². The van der Waals surface area contributed by atoms with Gasteiger partial charge in [-0.15, -0.1) is 0 Å². The predicted octanol–water partition coefficient (Wildman–Crippen LogP) is 2.34. The molecule has 5 nitrogen and oxygen atoms in total. The highest BCUT2D eigenvalue weighted by Gasteiger charge is 2.26. The molecule has 19 heavy (non-hydrogen) atoms. The Morgan fingerprint density at radius 3 is 2.89 bits per heavy atom. The van der Waals surface area contributed by atoms with Gasteiger partial charge in [-0.2, -0.15) is 0 Å². The van der Waals surface area contributed by atoms with Crippen molar-refractivity contribution in [2.45, 2.75) is 52.5 Å².